The smallest absolute Gasteiger partial charge is 0.321 e. The lowest BCUT2D eigenvalue weighted by Gasteiger charge is -2.31. The van der Waals surface area contributed by atoms with Gasteiger partial charge in [-0.05, 0) is 19.8 Å². The van der Waals surface area contributed by atoms with Crippen LogP contribution < -0.4 is 5.32 Å². The first-order valence-electron chi connectivity index (χ1n) is 4.74. The number of nitrogens with one attached hydrogen (secondary N) is 1. The van der Waals surface area contributed by atoms with Crippen LogP contribution in [0.2, 0.25) is 0 Å². The van der Waals surface area contributed by atoms with Crippen LogP contribution in [-0.4, -0.2) is 34.2 Å². The third kappa shape index (κ3) is 2.45. The van der Waals surface area contributed by atoms with E-state index < -0.39 is 23.9 Å². The van der Waals surface area contributed by atoms with Crippen molar-refractivity contribution in [2.45, 2.75) is 38.3 Å². The Balaban J connectivity index is 2.53. The van der Waals surface area contributed by atoms with Gasteiger partial charge in [0.1, 0.15) is 6.04 Å². The zero-order chi connectivity index (χ0) is 10.7. The summed E-state index contributed by atoms with van der Waals surface area (Å²) in [4.78, 5) is 21.4. The van der Waals surface area contributed by atoms with Gasteiger partial charge in [-0.25, -0.2) is 0 Å². The van der Waals surface area contributed by atoms with E-state index in [0.717, 1.165) is 19.3 Å². The molecule has 0 aromatic carbocycles. The van der Waals surface area contributed by atoms with Gasteiger partial charge >= 0.3 is 11.9 Å². The average Bonchev–Trinajstić information content (AvgIpc) is 2.00. The fourth-order valence-electron chi connectivity index (χ4n) is 1.40. The van der Waals surface area contributed by atoms with Gasteiger partial charge in [-0.15, -0.1) is 0 Å². The maximum Gasteiger partial charge on any atom is 0.321 e. The van der Waals surface area contributed by atoms with Crippen molar-refractivity contribution in [1.82, 2.24) is 5.32 Å². The standard InChI is InChI=1S/C9H15NO4/c1-5(8(11)12)7(9(13)14)10-6-3-2-4-6/h5-7,10H,2-4H2,1H3,(H,11,12)(H,13,14). The molecule has 2 atom stereocenters. The Morgan fingerprint density at radius 3 is 2.14 bits per heavy atom. The molecule has 5 heteroatoms. The third-order valence-corrected chi connectivity index (χ3v) is 2.68. The van der Waals surface area contributed by atoms with Crippen LogP contribution >= 0.6 is 0 Å². The molecular weight excluding hydrogens is 186 g/mol. The van der Waals surface area contributed by atoms with Crippen molar-refractivity contribution in [2.24, 2.45) is 5.92 Å². The molecule has 1 aliphatic rings. The Morgan fingerprint density at radius 1 is 1.29 bits per heavy atom. The molecule has 2 unspecified atom stereocenters. The van der Waals surface area contributed by atoms with Crippen LogP contribution in [0.5, 0.6) is 0 Å². The highest BCUT2D eigenvalue weighted by atomic mass is 16.4. The van der Waals surface area contributed by atoms with Gasteiger partial charge in [-0.2, -0.15) is 0 Å². The number of rotatable bonds is 5. The molecule has 0 spiro atoms. The van der Waals surface area contributed by atoms with Gasteiger partial charge in [0.05, 0.1) is 5.92 Å². The predicted octanol–water partition coefficient (Wildman–Crippen LogP) is 0.302. The molecule has 1 aliphatic carbocycles. The summed E-state index contributed by atoms with van der Waals surface area (Å²) in [5.74, 6) is -3.07. The summed E-state index contributed by atoms with van der Waals surface area (Å²) in [6.07, 6.45) is 2.97. The summed E-state index contributed by atoms with van der Waals surface area (Å²) in [7, 11) is 0. The monoisotopic (exact) mass is 201 g/mol. The van der Waals surface area contributed by atoms with Crippen LogP contribution in [0.1, 0.15) is 26.2 Å². The van der Waals surface area contributed by atoms with Gasteiger partial charge in [0.2, 0.25) is 0 Å². The Labute approximate surface area is 82.1 Å². The quantitative estimate of drug-likeness (QED) is 0.595. The summed E-state index contributed by atoms with van der Waals surface area (Å²) in [6.45, 7) is 1.41. The Bertz CT molecular complexity index is 237. The molecular formula is C9H15NO4. The number of carboxylic acid groups (broad SMARTS) is 2. The number of aliphatic carboxylic acids is 2. The molecule has 80 valence electrons. The molecule has 0 bridgehead atoms. The van der Waals surface area contributed by atoms with Gasteiger partial charge < -0.3 is 15.5 Å². The van der Waals surface area contributed by atoms with Crippen molar-refractivity contribution in [3.8, 4) is 0 Å². The predicted molar refractivity (Wildman–Crippen MR) is 49.0 cm³/mol. The van der Waals surface area contributed by atoms with Crippen LogP contribution in [-0.2, 0) is 9.59 Å². The van der Waals surface area contributed by atoms with E-state index in [-0.39, 0.29) is 6.04 Å². The molecule has 1 fully saturated rings. The average molecular weight is 201 g/mol. The summed E-state index contributed by atoms with van der Waals surface area (Å²) in [5, 5.41) is 20.4. The van der Waals surface area contributed by atoms with Gasteiger partial charge in [-0.1, -0.05) is 6.42 Å². The molecule has 1 saturated carbocycles. The fourth-order valence-corrected chi connectivity index (χ4v) is 1.40. The van der Waals surface area contributed by atoms with Crippen molar-refractivity contribution < 1.29 is 19.8 Å². The minimum atomic E-state index is -1.09. The van der Waals surface area contributed by atoms with Crippen LogP contribution in [0.15, 0.2) is 0 Å². The number of carbonyl (C=O) groups is 2. The summed E-state index contributed by atoms with van der Waals surface area (Å²) in [5.41, 5.74) is 0. The molecule has 5 nitrogen and oxygen atoms in total. The van der Waals surface area contributed by atoms with E-state index in [9.17, 15) is 9.59 Å². The fraction of sp³-hybridized carbons (Fsp3) is 0.778. The highest BCUT2D eigenvalue weighted by Crippen LogP contribution is 2.20. The summed E-state index contributed by atoms with van der Waals surface area (Å²) >= 11 is 0. The summed E-state index contributed by atoms with van der Waals surface area (Å²) in [6, 6.07) is -0.796. The topological polar surface area (TPSA) is 86.6 Å². The zero-order valence-corrected chi connectivity index (χ0v) is 8.06. The maximum absolute atomic E-state index is 10.8. The SMILES string of the molecule is CC(C(=O)O)C(NC1CCC1)C(=O)O. The van der Waals surface area contributed by atoms with E-state index in [1.807, 2.05) is 0 Å². The second-order valence-electron chi connectivity index (χ2n) is 3.74. The van der Waals surface area contributed by atoms with Gasteiger partial charge in [0.25, 0.3) is 0 Å². The highest BCUT2D eigenvalue weighted by Gasteiger charge is 2.33. The first-order chi connectivity index (χ1) is 6.52. The van der Waals surface area contributed by atoms with Crippen molar-refractivity contribution >= 4 is 11.9 Å². The van der Waals surface area contributed by atoms with E-state index in [1.165, 1.54) is 6.92 Å². The first kappa shape index (κ1) is 11.0. The normalized spacial score (nSPS) is 20.9. The molecule has 0 radical (unpaired) electrons. The molecule has 0 heterocycles. The second-order valence-corrected chi connectivity index (χ2v) is 3.74. The molecule has 0 saturated heterocycles. The maximum atomic E-state index is 10.8. The molecule has 3 N–H and O–H groups in total. The largest absolute Gasteiger partial charge is 0.481 e. The number of carboxylic acids is 2. The van der Waals surface area contributed by atoms with Crippen LogP contribution in [0.25, 0.3) is 0 Å². The molecule has 14 heavy (non-hydrogen) atoms. The molecule has 0 aromatic heterocycles. The van der Waals surface area contributed by atoms with Crippen molar-refractivity contribution in [3.05, 3.63) is 0 Å². The van der Waals surface area contributed by atoms with E-state index >= 15 is 0 Å². The van der Waals surface area contributed by atoms with Crippen molar-refractivity contribution in [2.75, 3.05) is 0 Å². The van der Waals surface area contributed by atoms with Crippen LogP contribution in [0.4, 0.5) is 0 Å². The zero-order valence-electron chi connectivity index (χ0n) is 8.06. The minimum absolute atomic E-state index is 0.179. The van der Waals surface area contributed by atoms with E-state index in [0.29, 0.717) is 0 Å². The van der Waals surface area contributed by atoms with Crippen LogP contribution in [0, 0.1) is 5.92 Å². The highest BCUT2D eigenvalue weighted by molar-refractivity contribution is 5.82. The third-order valence-electron chi connectivity index (χ3n) is 2.68. The lowest BCUT2D eigenvalue weighted by molar-refractivity contribution is -0.150. The lowest BCUT2D eigenvalue weighted by atomic mass is 9.90. The van der Waals surface area contributed by atoms with E-state index in [1.54, 1.807) is 0 Å². The van der Waals surface area contributed by atoms with Crippen molar-refractivity contribution in [3.63, 3.8) is 0 Å². The van der Waals surface area contributed by atoms with E-state index in [4.69, 9.17) is 10.2 Å². The number of hydrogen-bond acceptors (Lipinski definition) is 3. The van der Waals surface area contributed by atoms with Crippen molar-refractivity contribution in [1.29, 1.82) is 0 Å². The minimum Gasteiger partial charge on any atom is -0.481 e. The molecule has 0 aliphatic heterocycles. The Morgan fingerprint density at radius 2 is 1.86 bits per heavy atom. The van der Waals surface area contributed by atoms with Gasteiger partial charge in [-0.3, -0.25) is 9.59 Å². The van der Waals surface area contributed by atoms with Gasteiger partial charge in [0, 0.05) is 6.04 Å². The molecule has 0 aromatic rings. The Kier molecular flexibility index (Phi) is 3.46. The molecule has 1 rings (SSSR count). The number of hydrogen-bond donors (Lipinski definition) is 3. The van der Waals surface area contributed by atoms with Gasteiger partial charge in [0.15, 0.2) is 0 Å². The molecule has 0 amide bonds. The second kappa shape index (κ2) is 4.41. The lowest BCUT2D eigenvalue weighted by Crippen LogP contribution is -2.51. The Hall–Kier alpha value is -1.10. The van der Waals surface area contributed by atoms with Crippen LogP contribution in [0.3, 0.4) is 0 Å². The first-order valence-corrected chi connectivity index (χ1v) is 4.74. The summed E-state index contributed by atoms with van der Waals surface area (Å²) < 4.78 is 0. The van der Waals surface area contributed by atoms with E-state index in [2.05, 4.69) is 5.32 Å².